The molecule has 104 valence electrons. The van der Waals surface area contributed by atoms with Gasteiger partial charge >= 0.3 is 0 Å². The van der Waals surface area contributed by atoms with E-state index in [1.54, 1.807) is 0 Å². The van der Waals surface area contributed by atoms with Crippen LogP contribution in [0.3, 0.4) is 0 Å². The van der Waals surface area contributed by atoms with E-state index in [-0.39, 0.29) is 0 Å². The fourth-order valence-corrected chi connectivity index (χ4v) is 3.33. The molecule has 1 amide bonds. The Morgan fingerprint density at radius 3 is 2.83 bits per heavy atom. The minimum Gasteiger partial charge on any atom is -0.342 e. The third-order valence-corrected chi connectivity index (χ3v) is 4.76. The van der Waals surface area contributed by atoms with E-state index in [1.165, 1.54) is 25.8 Å². The van der Waals surface area contributed by atoms with Crippen molar-refractivity contribution in [3.63, 3.8) is 0 Å². The Morgan fingerprint density at radius 2 is 2.17 bits per heavy atom. The molecule has 0 radical (unpaired) electrons. The average molecular weight is 273 g/mol. The molecule has 2 aliphatic rings. The highest BCUT2D eigenvalue weighted by molar-refractivity contribution is 6.18. The SMILES string of the molecule is CC1CCCCN1CCCN1CC(CCl)CC1=O. The first-order chi connectivity index (χ1) is 8.70. The largest absolute Gasteiger partial charge is 0.342 e. The van der Waals surface area contributed by atoms with Gasteiger partial charge in [0.25, 0.3) is 0 Å². The second kappa shape index (κ2) is 6.76. The molecule has 2 heterocycles. The summed E-state index contributed by atoms with van der Waals surface area (Å²) in [5.74, 6) is 1.30. The van der Waals surface area contributed by atoms with Crippen molar-refractivity contribution in [3.05, 3.63) is 0 Å². The van der Waals surface area contributed by atoms with E-state index in [9.17, 15) is 4.79 Å². The highest BCUT2D eigenvalue weighted by Crippen LogP contribution is 2.20. The lowest BCUT2D eigenvalue weighted by atomic mass is 10.0. The fourth-order valence-electron chi connectivity index (χ4n) is 3.13. The first kappa shape index (κ1) is 14.1. The van der Waals surface area contributed by atoms with Gasteiger partial charge in [-0.3, -0.25) is 4.79 Å². The molecule has 4 heteroatoms. The molecule has 0 spiro atoms. The summed E-state index contributed by atoms with van der Waals surface area (Å²) in [6, 6.07) is 0.726. The minimum absolute atomic E-state index is 0.298. The molecule has 0 aromatic rings. The van der Waals surface area contributed by atoms with Crippen LogP contribution in [-0.4, -0.2) is 53.8 Å². The molecule has 0 saturated carbocycles. The monoisotopic (exact) mass is 272 g/mol. The maximum atomic E-state index is 11.7. The van der Waals surface area contributed by atoms with E-state index >= 15 is 0 Å². The maximum absolute atomic E-state index is 11.7. The van der Waals surface area contributed by atoms with E-state index in [2.05, 4.69) is 11.8 Å². The number of halogens is 1. The molecule has 18 heavy (non-hydrogen) atoms. The number of amides is 1. The van der Waals surface area contributed by atoms with Crippen molar-refractivity contribution in [2.75, 3.05) is 32.1 Å². The van der Waals surface area contributed by atoms with Crippen LogP contribution in [0.25, 0.3) is 0 Å². The molecular formula is C14H25ClN2O. The zero-order valence-electron chi connectivity index (χ0n) is 11.4. The van der Waals surface area contributed by atoms with Crippen molar-refractivity contribution in [2.45, 2.75) is 45.1 Å². The van der Waals surface area contributed by atoms with E-state index in [4.69, 9.17) is 11.6 Å². The summed E-state index contributed by atoms with van der Waals surface area (Å²) < 4.78 is 0. The third kappa shape index (κ3) is 3.61. The van der Waals surface area contributed by atoms with Gasteiger partial charge in [-0.25, -0.2) is 0 Å². The van der Waals surface area contributed by atoms with Gasteiger partial charge in [0.2, 0.25) is 5.91 Å². The summed E-state index contributed by atoms with van der Waals surface area (Å²) in [4.78, 5) is 16.3. The minimum atomic E-state index is 0.298. The summed E-state index contributed by atoms with van der Waals surface area (Å²) in [5.41, 5.74) is 0. The number of carbonyl (C=O) groups is 1. The standard InChI is InChI=1S/C14H25ClN2O/c1-12-5-2-3-6-16(12)7-4-8-17-11-13(10-15)9-14(17)18/h12-13H,2-11H2,1H3. The van der Waals surface area contributed by atoms with E-state index < -0.39 is 0 Å². The topological polar surface area (TPSA) is 23.6 Å². The van der Waals surface area contributed by atoms with Crippen LogP contribution in [0.4, 0.5) is 0 Å². The van der Waals surface area contributed by atoms with Gasteiger partial charge in [-0.2, -0.15) is 0 Å². The summed E-state index contributed by atoms with van der Waals surface area (Å²) in [6.07, 6.45) is 5.80. The summed E-state index contributed by atoms with van der Waals surface area (Å²) >= 11 is 5.83. The van der Waals surface area contributed by atoms with Gasteiger partial charge in [0, 0.05) is 38.0 Å². The molecule has 2 atom stereocenters. The van der Waals surface area contributed by atoms with Crippen molar-refractivity contribution in [2.24, 2.45) is 5.92 Å². The summed E-state index contributed by atoms with van der Waals surface area (Å²) in [5, 5.41) is 0. The number of nitrogens with zero attached hydrogens (tertiary/aromatic N) is 2. The fraction of sp³-hybridized carbons (Fsp3) is 0.929. The molecule has 2 saturated heterocycles. The van der Waals surface area contributed by atoms with Crippen LogP contribution in [0.1, 0.15) is 39.0 Å². The van der Waals surface area contributed by atoms with Crippen LogP contribution < -0.4 is 0 Å². The molecule has 2 fully saturated rings. The van der Waals surface area contributed by atoms with Crippen molar-refractivity contribution in [1.82, 2.24) is 9.80 Å². The molecule has 2 unspecified atom stereocenters. The lowest BCUT2D eigenvalue weighted by Gasteiger charge is -2.33. The highest BCUT2D eigenvalue weighted by atomic mass is 35.5. The number of piperidine rings is 1. The normalized spacial score (nSPS) is 30.1. The van der Waals surface area contributed by atoms with Gasteiger partial charge in [0.1, 0.15) is 0 Å². The van der Waals surface area contributed by atoms with Crippen molar-refractivity contribution in [1.29, 1.82) is 0 Å². The number of hydrogen-bond acceptors (Lipinski definition) is 2. The number of hydrogen-bond donors (Lipinski definition) is 0. The molecule has 0 bridgehead atoms. The molecule has 2 aliphatic heterocycles. The number of likely N-dealkylation sites (tertiary alicyclic amines) is 2. The lowest BCUT2D eigenvalue weighted by molar-refractivity contribution is -0.127. The number of alkyl halides is 1. The average Bonchev–Trinajstić information content (AvgIpc) is 2.73. The Kier molecular flexibility index (Phi) is 5.31. The second-order valence-electron chi connectivity index (χ2n) is 5.80. The van der Waals surface area contributed by atoms with E-state index in [1.807, 2.05) is 4.90 Å². The highest BCUT2D eigenvalue weighted by Gasteiger charge is 2.28. The summed E-state index contributed by atoms with van der Waals surface area (Å²) in [6.45, 7) is 6.48. The lowest BCUT2D eigenvalue weighted by Crippen LogP contribution is -2.39. The molecular weight excluding hydrogens is 248 g/mol. The van der Waals surface area contributed by atoms with Gasteiger partial charge < -0.3 is 9.80 Å². The van der Waals surface area contributed by atoms with Gasteiger partial charge in [-0.05, 0) is 38.6 Å². The summed E-state index contributed by atoms with van der Waals surface area (Å²) in [7, 11) is 0. The van der Waals surface area contributed by atoms with Gasteiger partial charge in [0.15, 0.2) is 0 Å². The zero-order chi connectivity index (χ0) is 13.0. The Hall–Kier alpha value is -0.280. The Morgan fingerprint density at radius 1 is 1.33 bits per heavy atom. The first-order valence-corrected chi connectivity index (χ1v) is 7.82. The van der Waals surface area contributed by atoms with Crippen LogP contribution in [0.5, 0.6) is 0 Å². The number of carbonyl (C=O) groups excluding carboxylic acids is 1. The predicted molar refractivity (Wildman–Crippen MR) is 74.9 cm³/mol. The van der Waals surface area contributed by atoms with Crippen molar-refractivity contribution < 1.29 is 4.79 Å². The predicted octanol–water partition coefficient (Wildman–Crippen LogP) is 2.34. The van der Waals surface area contributed by atoms with Gasteiger partial charge in [-0.15, -0.1) is 11.6 Å². The van der Waals surface area contributed by atoms with Crippen molar-refractivity contribution >= 4 is 17.5 Å². The molecule has 0 aliphatic carbocycles. The third-order valence-electron chi connectivity index (χ3n) is 4.33. The van der Waals surface area contributed by atoms with Crippen LogP contribution in [0, 0.1) is 5.92 Å². The molecule has 2 rings (SSSR count). The molecule has 3 nitrogen and oxygen atoms in total. The Labute approximate surface area is 115 Å². The van der Waals surface area contributed by atoms with Crippen LogP contribution in [-0.2, 0) is 4.79 Å². The smallest absolute Gasteiger partial charge is 0.222 e. The van der Waals surface area contributed by atoms with E-state index in [0.717, 1.165) is 32.1 Å². The molecule has 0 aromatic carbocycles. The quantitative estimate of drug-likeness (QED) is 0.718. The van der Waals surface area contributed by atoms with Crippen LogP contribution >= 0.6 is 11.6 Å². The van der Waals surface area contributed by atoms with Gasteiger partial charge in [-0.1, -0.05) is 6.42 Å². The van der Waals surface area contributed by atoms with Crippen molar-refractivity contribution in [3.8, 4) is 0 Å². The number of rotatable bonds is 5. The van der Waals surface area contributed by atoms with E-state index in [0.29, 0.717) is 24.1 Å². The maximum Gasteiger partial charge on any atom is 0.222 e. The second-order valence-corrected chi connectivity index (χ2v) is 6.11. The Balaban J connectivity index is 1.67. The van der Waals surface area contributed by atoms with Gasteiger partial charge in [0.05, 0.1) is 0 Å². The van der Waals surface area contributed by atoms with Crippen LogP contribution in [0.15, 0.2) is 0 Å². The zero-order valence-corrected chi connectivity index (χ0v) is 12.2. The molecule has 0 aromatic heterocycles. The van der Waals surface area contributed by atoms with Crippen LogP contribution in [0.2, 0.25) is 0 Å². The first-order valence-electron chi connectivity index (χ1n) is 7.28. The Bertz CT molecular complexity index is 285. The molecule has 0 N–H and O–H groups in total.